The second kappa shape index (κ2) is 15.7. The van der Waals surface area contributed by atoms with E-state index in [-0.39, 0.29) is 18.7 Å². The number of nitrogens with zero attached hydrogens (tertiary/aromatic N) is 4. The van der Waals surface area contributed by atoms with E-state index in [1.54, 1.807) is 37.1 Å². The number of nitriles is 1. The van der Waals surface area contributed by atoms with Crippen LogP contribution < -0.4 is 25.6 Å². The minimum absolute atomic E-state index is 0.162. The molecule has 5 amide bonds. The predicted octanol–water partition coefficient (Wildman–Crippen LogP) is 6.40. The summed E-state index contributed by atoms with van der Waals surface area (Å²) in [6.07, 6.45) is 3.41. The van der Waals surface area contributed by atoms with Gasteiger partial charge in [-0.05, 0) is 81.7 Å². The number of benzene rings is 2. The first-order valence-electron chi connectivity index (χ1n) is 17.0. The maximum Gasteiger partial charge on any atom is 0.408 e. The zero-order valence-electron chi connectivity index (χ0n) is 29.7. The Labute approximate surface area is 310 Å². The number of para-hydroxylation sites is 1. The van der Waals surface area contributed by atoms with E-state index in [1.807, 2.05) is 55.5 Å². The van der Waals surface area contributed by atoms with E-state index in [2.05, 4.69) is 20.9 Å². The van der Waals surface area contributed by atoms with Gasteiger partial charge in [0.1, 0.15) is 38.4 Å². The van der Waals surface area contributed by atoms with Gasteiger partial charge in [-0.25, -0.2) is 14.6 Å². The number of ether oxygens (including phenoxy) is 3. The third-order valence-electron chi connectivity index (χ3n) is 8.66. The number of aromatic nitrogens is 1. The Kier molecular flexibility index (Phi) is 10.9. The topological polar surface area (TPSA) is 175 Å². The number of likely N-dealkylation sites (tertiary alicyclic amines) is 1. The number of urea groups is 1. The number of hydrogen-bond acceptors (Lipinski definition) is 10. The Balaban J connectivity index is 1.17. The molecular weight excluding hydrogens is 699 g/mol. The number of rotatable bonds is 11. The van der Waals surface area contributed by atoms with Gasteiger partial charge < -0.3 is 35.1 Å². The first-order chi connectivity index (χ1) is 25.5. The van der Waals surface area contributed by atoms with Crippen molar-refractivity contribution in [3.05, 3.63) is 82.9 Å². The molecule has 2 aliphatic heterocycles. The number of pyridine rings is 1. The van der Waals surface area contributed by atoms with Crippen LogP contribution in [-0.2, 0) is 14.3 Å². The number of carbonyl (C=O) groups is 4. The van der Waals surface area contributed by atoms with Gasteiger partial charge in [-0.3, -0.25) is 14.5 Å². The fraction of sp³-hybridized carbons (Fsp3) is 0.316. The summed E-state index contributed by atoms with van der Waals surface area (Å²) in [5.74, 6) is 0.383. The number of aryl methyl sites for hydroxylation is 1. The lowest BCUT2D eigenvalue weighted by molar-refractivity contribution is -0.128. The van der Waals surface area contributed by atoms with Gasteiger partial charge in [0.15, 0.2) is 0 Å². The molecule has 2 aromatic heterocycles. The Morgan fingerprint density at radius 1 is 1.13 bits per heavy atom. The molecule has 14 nitrogen and oxygen atoms in total. The van der Waals surface area contributed by atoms with Crippen molar-refractivity contribution in [2.45, 2.75) is 45.3 Å². The van der Waals surface area contributed by atoms with Crippen LogP contribution in [0.1, 0.15) is 41.9 Å². The molecule has 274 valence electrons. The second-order valence-corrected chi connectivity index (χ2v) is 14.1. The van der Waals surface area contributed by atoms with Crippen LogP contribution in [-0.4, -0.2) is 78.8 Å². The van der Waals surface area contributed by atoms with Gasteiger partial charge in [0, 0.05) is 39.0 Å². The van der Waals surface area contributed by atoms with E-state index in [0.29, 0.717) is 69.6 Å². The Morgan fingerprint density at radius 3 is 2.66 bits per heavy atom. The van der Waals surface area contributed by atoms with Crippen molar-refractivity contribution in [2.24, 2.45) is 0 Å². The molecule has 0 bridgehead atoms. The molecular formula is C38H39N7O7S. The number of amides is 5. The first kappa shape index (κ1) is 36.8. The molecule has 1 atom stereocenters. The molecule has 2 aromatic carbocycles. The average Bonchev–Trinajstić information content (AvgIpc) is 3.51. The SMILES string of the molecule is COCCNC(=O)OC(C)(C)C=C(C#N)C(=O)N1CCCC(NC(=O)c2sc3nccc4c3c2NC(=O)N4c2ccc(Oc3ccccc3)cc2C)C1. The van der Waals surface area contributed by atoms with Gasteiger partial charge in [0.2, 0.25) is 0 Å². The molecule has 15 heteroatoms. The Morgan fingerprint density at radius 2 is 1.92 bits per heavy atom. The van der Waals surface area contributed by atoms with Gasteiger partial charge in [-0.15, -0.1) is 11.3 Å². The van der Waals surface area contributed by atoms with E-state index >= 15 is 0 Å². The van der Waals surface area contributed by atoms with Crippen molar-refractivity contribution in [3.8, 4) is 17.6 Å². The monoisotopic (exact) mass is 737 g/mol. The van der Waals surface area contributed by atoms with Crippen molar-refractivity contribution in [3.63, 3.8) is 0 Å². The lowest BCUT2D eigenvalue weighted by atomic mass is 10.0. The summed E-state index contributed by atoms with van der Waals surface area (Å²) in [7, 11) is 1.51. The standard InChI is InChI=1S/C38H39N7O7S/c1-23-19-27(51-26-10-6-5-7-11-26)12-13-28(23)45-29-14-15-40-34-30(29)31(43-36(45)48)32(53-34)33(46)42-25-9-8-17-44(22-25)35(47)24(21-39)20-38(2,3)52-37(49)41-16-18-50-4/h5-7,10-15,19-20,25H,8-9,16-18,22H2,1-4H3,(H,41,49)(H,42,46)(H,43,48). The van der Waals surface area contributed by atoms with E-state index in [0.717, 1.165) is 5.56 Å². The smallest absolute Gasteiger partial charge is 0.408 e. The molecule has 4 heterocycles. The summed E-state index contributed by atoms with van der Waals surface area (Å²) in [5, 5.41) is 19.0. The normalized spacial score (nSPS) is 15.7. The number of hydrogen-bond donors (Lipinski definition) is 3. The van der Waals surface area contributed by atoms with Crippen LogP contribution in [0, 0.1) is 18.3 Å². The van der Waals surface area contributed by atoms with E-state index < -0.39 is 35.6 Å². The molecule has 0 aliphatic carbocycles. The van der Waals surface area contributed by atoms with Crippen LogP contribution in [0.5, 0.6) is 11.5 Å². The lowest BCUT2D eigenvalue weighted by Crippen LogP contribution is -2.50. The summed E-state index contributed by atoms with van der Waals surface area (Å²) in [6.45, 7) is 6.13. The largest absolute Gasteiger partial charge is 0.457 e. The molecule has 2 aliphatic rings. The molecule has 0 spiro atoms. The van der Waals surface area contributed by atoms with Crippen LogP contribution in [0.2, 0.25) is 0 Å². The minimum Gasteiger partial charge on any atom is -0.457 e. The maximum atomic E-state index is 13.8. The quantitative estimate of drug-likeness (QED) is 0.0893. The lowest BCUT2D eigenvalue weighted by Gasteiger charge is -2.33. The Hall–Kier alpha value is -5.98. The number of methoxy groups -OCH3 is 1. The zero-order chi connectivity index (χ0) is 37.7. The highest BCUT2D eigenvalue weighted by Crippen LogP contribution is 2.46. The summed E-state index contributed by atoms with van der Waals surface area (Å²) in [4.78, 5) is 61.6. The number of piperidine rings is 1. The van der Waals surface area contributed by atoms with Crippen molar-refractivity contribution in [1.82, 2.24) is 20.5 Å². The number of carbonyl (C=O) groups excluding carboxylic acids is 4. The predicted molar refractivity (Wildman–Crippen MR) is 200 cm³/mol. The third-order valence-corrected chi connectivity index (χ3v) is 9.75. The molecule has 1 unspecified atom stereocenters. The summed E-state index contributed by atoms with van der Waals surface area (Å²) >= 11 is 1.17. The third kappa shape index (κ3) is 8.24. The van der Waals surface area contributed by atoms with Crippen LogP contribution in [0.15, 0.2) is 72.4 Å². The van der Waals surface area contributed by atoms with E-state index in [4.69, 9.17) is 14.2 Å². The fourth-order valence-corrected chi connectivity index (χ4v) is 7.32. The van der Waals surface area contributed by atoms with Gasteiger partial charge in [-0.2, -0.15) is 5.26 Å². The molecule has 6 rings (SSSR count). The molecule has 0 saturated carbocycles. The number of nitrogens with one attached hydrogen (secondary N) is 3. The Bertz CT molecular complexity index is 2130. The van der Waals surface area contributed by atoms with E-state index in [9.17, 15) is 24.4 Å². The van der Waals surface area contributed by atoms with Gasteiger partial charge >= 0.3 is 12.1 Å². The molecule has 3 N–H and O–H groups in total. The first-order valence-corrected chi connectivity index (χ1v) is 17.8. The maximum absolute atomic E-state index is 13.8. The molecule has 1 saturated heterocycles. The summed E-state index contributed by atoms with van der Waals surface area (Å²) < 4.78 is 16.3. The highest BCUT2D eigenvalue weighted by atomic mass is 32.1. The number of alkyl carbamates (subject to hydrolysis) is 1. The highest BCUT2D eigenvalue weighted by molar-refractivity contribution is 7.21. The average molecular weight is 738 g/mol. The van der Waals surface area contributed by atoms with Gasteiger partial charge in [-0.1, -0.05) is 18.2 Å². The number of thiophene rings is 1. The van der Waals surface area contributed by atoms with Crippen molar-refractivity contribution in [1.29, 1.82) is 5.26 Å². The van der Waals surface area contributed by atoms with Crippen LogP contribution in [0.25, 0.3) is 10.2 Å². The molecule has 0 radical (unpaired) electrons. The van der Waals surface area contributed by atoms with Crippen molar-refractivity contribution < 1.29 is 33.4 Å². The van der Waals surface area contributed by atoms with Crippen molar-refractivity contribution in [2.75, 3.05) is 43.6 Å². The number of anilines is 3. The van der Waals surface area contributed by atoms with Crippen LogP contribution >= 0.6 is 11.3 Å². The van der Waals surface area contributed by atoms with Crippen LogP contribution in [0.4, 0.5) is 26.7 Å². The summed E-state index contributed by atoms with van der Waals surface area (Å²) in [5.41, 5.74) is 0.987. The minimum atomic E-state index is -1.25. The molecule has 53 heavy (non-hydrogen) atoms. The highest BCUT2D eigenvalue weighted by Gasteiger charge is 2.35. The second-order valence-electron chi connectivity index (χ2n) is 13.1. The van der Waals surface area contributed by atoms with Crippen molar-refractivity contribution >= 4 is 62.6 Å². The fourth-order valence-electron chi connectivity index (χ4n) is 6.30. The molecule has 1 fully saturated rings. The van der Waals surface area contributed by atoms with E-state index in [1.165, 1.54) is 29.4 Å². The summed E-state index contributed by atoms with van der Waals surface area (Å²) in [6, 6.07) is 17.7. The zero-order valence-corrected chi connectivity index (χ0v) is 30.5. The molecule has 4 aromatic rings. The van der Waals surface area contributed by atoms with Crippen LogP contribution in [0.3, 0.4) is 0 Å². The van der Waals surface area contributed by atoms with Gasteiger partial charge in [0.05, 0.1) is 29.1 Å². The van der Waals surface area contributed by atoms with Gasteiger partial charge in [0.25, 0.3) is 11.8 Å².